The van der Waals surface area contributed by atoms with Crippen LogP contribution in [0.2, 0.25) is 0 Å². The number of carbonyl (C=O) groups excluding carboxylic acids is 1. The van der Waals surface area contributed by atoms with E-state index in [9.17, 15) is 4.79 Å². The van der Waals surface area contributed by atoms with Gasteiger partial charge in [-0.2, -0.15) is 0 Å². The Labute approximate surface area is 117 Å². The zero-order chi connectivity index (χ0) is 14.5. The van der Waals surface area contributed by atoms with Gasteiger partial charge in [-0.15, -0.1) is 0 Å². The van der Waals surface area contributed by atoms with Gasteiger partial charge in [-0.25, -0.2) is 10.8 Å². The number of amides is 1. The summed E-state index contributed by atoms with van der Waals surface area (Å²) in [6.07, 6.45) is 3.07. The van der Waals surface area contributed by atoms with Crippen LogP contribution >= 0.6 is 0 Å². The van der Waals surface area contributed by atoms with Crippen LogP contribution in [0.15, 0.2) is 36.7 Å². The Morgan fingerprint density at radius 3 is 2.55 bits per heavy atom. The molecule has 6 nitrogen and oxygen atoms in total. The first-order chi connectivity index (χ1) is 9.60. The van der Waals surface area contributed by atoms with Crippen LogP contribution in [0.25, 0.3) is 11.3 Å². The second-order valence-electron chi connectivity index (χ2n) is 4.45. The van der Waals surface area contributed by atoms with Crippen molar-refractivity contribution in [2.45, 2.75) is 20.0 Å². The fourth-order valence-electron chi connectivity index (χ4n) is 1.66. The standard InChI is InChI=1S/C14H16N4O2/c1-9(2)20-11-5-3-10(4-6-11)12-7-16-8-13(17-12)14(19)18-15/h3-9H,15H2,1-2H3,(H,18,19). The second-order valence-corrected chi connectivity index (χ2v) is 4.45. The average molecular weight is 272 g/mol. The number of hydrogen-bond donors (Lipinski definition) is 2. The lowest BCUT2D eigenvalue weighted by Gasteiger charge is -2.10. The van der Waals surface area contributed by atoms with Gasteiger partial charge in [0.2, 0.25) is 0 Å². The molecule has 2 rings (SSSR count). The number of nitrogens with one attached hydrogen (secondary N) is 1. The normalized spacial score (nSPS) is 10.4. The summed E-state index contributed by atoms with van der Waals surface area (Å²) >= 11 is 0. The highest BCUT2D eigenvalue weighted by Crippen LogP contribution is 2.21. The predicted molar refractivity (Wildman–Crippen MR) is 74.9 cm³/mol. The van der Waals surface area contributed by atoms with E-state index in [1.165, 1.54) is 6.20 Å². The van der Waals surface area contributed by atoms with Gasteiger partial charge >= 0.3 is 0 Å². The summed E-state index contributed by atoms with van der Waals surface area (Å²) < 4.78 is 5.57. The summed E-state index contributed by atoms with van der Waals surface area (Å²) in [7, 11) is 0. The molecule has 0 atom stereocenters. The largest absolute Gasteiger partial charge is 0.491 e. The molecule has 104 valence electrons. The van der Waals surface area contributed by atoms with Crippen LogP contribution in [0.3, 0.4) is 0 Å². The van der Waals surface area contributed by atoms with Crippen molar-refractivity contribution < 1.29 is 9.53 Å². The second kappa shape index (κ2) is 6.12. The zero-order valence-electron chi connectivity index (χ0n) is 11.3. The quantitative estimate of drug-likeness (QED) is 0.500. The van der Waals surface area contributed by atoms with Gasteiger partial charge in [0.05, 0.1) is 24.2 Å². The minimum Gasteiger partial charge on any atom is -0.491 e. The summed E-state index contributed by atoms with van der Waals surface area (Å²) in [4.78, 5) is 19.6. The molecular weight excluding hydrogens is 256 g/mol. The molecule has 1 aromatic heterocycles. The third-order valence-electron chi connectivity index (χ3n) is 2.52. The molecule has 0 aliphatic heterocycles. The van der Waals surface area contributed by atoms with E-state index in [-0.39, 0.29) is 11.8 Å². The maximum atomic E-state index is 11.4. The molecule has 2 aromatic rings. The number of hydrogen-bond acceptors (Lipinski definition) is 5. The van der Waals surface area contributed by atoms with Crippen molar-refractivity contribution >= 4 is 5.91 Å². The van der Waals surface area contributed by atoms with Gasteiger partial charge in [-0.1, -0.05) is 0 Å². The first-order valence-corrected chi connectivity index (χ1v) is 6.20. The lowest BCUT2D eigenvalue weighted by molar-refractivity contribution is 0.0948. The number of benzene rings is 1. The van der Waals surface area contributed by atoms with E-state index in [2.05, 4.69) is 9.97 Å². The summed E-state index contributed by atoms with van der Waals surface area (Å²) in [6, 6.07) is 7.44. The summed E-state index contributed by atoms with van der Waals surface area (Å²) in [5.41, 5.74) is 3.65. The van der Waals surface area contributed by atoms with E-state index in [0.29, 0.717) is 5.69 Å². The minimum absolute atomic E-state index is 0.122. The Balaban J connectivity index is 2.25. The van der Waals surface area contributed by atoms with Crippen LogP contribution in [-0.2, 0) is 0 Å². The zero-order valence-corrected chi connectivity index (χ0v) is 11.3. The Hall–Kier alpha value is -2.47. The summed E-state index contributed by atoms with van der Waals surface area (Å²) in [5, 5.41) is 0. The van der Waals surface area contributed by atoms with E-state index < -0.39 is 5.91 Å². The van der Waals surface area contributed by atoms with Crippen molar-refractivity contribution in [2.75, 3.05) is 0 Å². The third kappa shape index (κ3) is 3.30. The van der Waals surface area contributed by atoms with E-state index in [4.69, 9.17) is 10.6 Å². The maximum Gasteiger partial charge on any atom is 0.285 e. The van der Waals surface area contributed by atoms with E-state index >= 15 is 0 Å². The number of ether oxygens (including phenoxy) is 1. The lowest BCUT2D eigenvalue weighted by Crippen LogP contribution is -2.30. The highest BCUT2D eigenvalue weighted by atomic mass is 16.5. The molecule has 0 saturated heterocycles. The first-order valence-electron chi connectivity index (χ1n) is 6.20. The average Bonchev–Trinajstić information content (AvgIpc) is 2.47. The molecule has 0 radical (unpaired) electrons. The van der Waals surface area contributed by atoms with E-state index in [1.54, 1.807) is 6.20 Å². The predicted octanol–water partition coefficient (Wildman–Crippen LogP) is 1.53. The summed E-state index contributed by atoms with van der Waals surface area (Å²) in [5.74, 6) is 5.39. The van der Waals surface area contributed by atoms with Gasteiger partial charge in [-0.05, 0) is 38.1 Å². The van der Waals surface area contributed by atoms with Crippen molar-refractivity contribution in [3.8, 4) is 17.0 Å². The van der Waals surface area contributed by atoms with Gasteiger partial charge in [0, 0.05) is 5.56 Å². The molecule has 0 aliphatic carbocycles. The molecule has 6 heteroatoms. The van der Waals surface area contributed by atoms with E-state index in [0.717, 1.165) is 11.3 Å². The van der Waals surface area contributed by atoms with Gasteiger partial charge in [0.1, 0.15) is 11.4 Å². The number of hydrazine groups is 1. The van der Waals surface area contributed by atoms with Crippen molar-refractivity contribution in [3.05, 3.63) is 42.4 Å². The number of nitrogen functional groups attached to an aromatic ring is 1. The topological polar surface area (TPSA) is 90.1 Å². The van der Waals surface area contributed by atoms with Gasteiger partial charge in [-0.3, -0.25) is 15.2 Å². The summed E-state index contributed by atoms with van der Waals surface area (Å²) in [6.45, 7) is 3.93. The maximum absolute atomic E-state index is 11.4. The Morgan fingerprint density at radius 1 is 1.25 bits per heavy atom. The lowest BCUT2D eigenvalue weighted by atomic mass is 10.1. The monoisotopic (exact) mass is 272 g/mol. The fraction of sp³-hybridized carbons (Fsp3) is 0.214. The number of rotatable bonds is 4. The highest BCUT2D eigenvalue weighted by Gasteiger charge is 2.08. The van der Waals surface area contributed by atoms with E-state index in [1.807, 2.05) is 43.5 Å². The number of nitrogens with zero attached hydrogens (tertiary/aromatic N) is 2. The molecule has 0 aliphatic rings. The molecule has 20 heavy (non-hydrogen) atoms. The van der Waals surface area contributed by atoms with Crippen LogP contribution < -0.4 is 16.0 Å². The Morgan fingerprint density at radius 2 is 1.95 bits per heavy atom. The van der Waals surface area contributed by atoms with Gasteiger partial charge in [0.25, 0.3) is 5.91 Å². The molecule has 3 N–H and O–H groups in total. The molecule has 1 heterocycles. The number of aromatic nitrogens is 2. The van der Waals surface area contributed by atoms with Crippen LogP contribution in [0.4, 0.5) is 0 Å². The van der Waals surface area contributed by atoms with Crippen molar-refractivity contribution in [1.29, 1.82) is 0 Å². The van der Waals surface area contributed by atoms with Crippen LogP contribution in [0.5, 0.6) is 5.75 Å². The first kappa shape index (κ1) is 14.0. The molecule has 1 amide bonds. The SMILES string of the molecule is CC(C)Oc1ccc(-c2cncc(C(=O)NN)n2)cc1. The fourth-order valence-corrected chi connectivity index (χ4v) is 1.66. The van der Waals surface area contributed by atoms with Crippen molar-refractivity contribution in [1.82, 2.24) is 15.4 Å². The molecule has 0 unspecified atom stereocenters. The van der Waals surface area contributed by atoms with Gasteiger partial charge in [0.15, 0.2) is 0 Å². The molecule has 0 fully saturated rings. The highest BCUT2D eigenvalue weighted by molar-refractivity contribution is 5.91. The number of carbonyl (C=O) groups is 1. The molecule has 1 aromatic carbocycles. The Kier molecular flexibility index (Phi) is 4.27. The van der Waals surface area contributed by atoms with Crippen LogP contribution in [0.1, 0.15) is 24.3 Å². The van der Waals surface area contributed by atoms with Crippen LogP contribution in [-0.4, -0.2) is 22.0 Å². The van der Waals surface area contributed by atoms with Crippen molar-refractivity contribution in [3.63, 3.8) is 0 Å². The smallest absolute Gasteiger partial charge is 0.285 e. The number of nitrogens with two attached hydrogens (primary N) is 1. The third-order valence-corrected chi connectivity index (χ3v) is 2.52. The molecule has 0 bridgehead atoms. The molecular formula is C14H16N4O2. The van der Waals surface area contributed by atoms with Crippen LogP contribution in [0, 0.1) is 0 Å². The minimum atomic E-state index is -0.473. The molecule has 0 spiro atoms. The molecule has 0 saturated carbocycles. The Bertz CT molecular complexity index is 596. The van der Waals surface area contributed by atoms with Gasteiger partial charge < -0.3 is 4.74 Å². The van der Waals surface area contributed by atoms with Crippen molar-refractivity contribution in [2.24, 2.45) is 5.84 Å².